The highest BCUT2D eigenvalue weighted by molar-refractivity contribution is 7.89. The van der Waals surface area contributed by atoms with Crippen LogP contribution in [-0.4, -0.2) is 44.7 Å². The van der Waals surface area contributed by atoms with Crippen molar-refractivity contribution in [3.63, 3.8) is 0 Å². The van der Waals surface area contributed by atoms with E-state index < -0.39 is 10.0 Å². The Balaban J connectivity index is 2.32. The number of carbonyl (C=O) groups excluding carboxylic acids is 1. The van der Waals surface area contributed by atoms with Gasteiger partial charge in [0.1, 0.15) is 10.7 Å². The van der Waals surface area contributed by atoms with E-state index in [-0.39, 0.29) is 27.9 Å². The van der Waals surface area contributed by atoms with E-state index in [0.29, 0.717) is 5.76 Å². The first-order valence-corrected chi connectivity index (χ1v) is 8.55. The Kier molecular flexibility index (Phi) is 5.13. The minimum atomic E-state index is -3.73. The SMILES string of the molecule is CN(Cc1ccco1)C(=O)c1ccc(Cl)c(S(=O)(=O)N(C)C)c1. The summed E-state index contributed by atoms with van der Waals surface area (Å²) in [6.07, 6.45) is 1.53. The third-order valence-electron chi connectivity index (χ3n) is 3.26. The lowest BCUT2D eigenvalue weighted by Crippen LogP contribution is -2.27. The van der Waals surface area contributed by atoms with Crippen LogP contribution in [0.25, 0.3) is 0 Å². The van der Waals surface area contributed by atoms with E-state index in [1.54, 1.807) is 19.2 Å². The van der Waals surface area contributed by atoms with Crippen LogP contribution < -0.4 is 0 Å². The van der Waals surface area contributed by atoms with E-state index in [9.17, 15) is 13.2 Å². The number of furan rings is 1. The number of carbonyl (C=O) groups is 1. The molecule has 124 valence electrons. The third kappa shape index (κ3) is 3.74. The Bertz CT molecular complexity index is 801. The van der Waals surface area contributed by atoms with Crippen LogP contribution in [0.2, 0.25) is 5.02 Å². The second kappa shape index (κ2) is 6.74. The second-order valence-corrected chi connectivity index (χ2v) is 7.70. The largest absolute Gasteiger partial charge is 0.467 e. The van der Waals surface area contributed by atoms with E-state index in [0.717, 1.165) is 4.31 Å². The van der Waals surface area contributed by atoms with Crippen molar-refractivity contribution in [2.75, 3.05) is 21.1 Å². The summed E-state index contributed by atoms with van der Waals surface area (Å²) in [6, 6.07) is 7.69. The van der Waals surface area contributed by atoms with Gasteiger partial charge in [-0.15, -0.1) is 0 Å². The predicted octanol–water partition coefficient (Wildman–Crippen LogP) is 2.46. The molecule has 0 saturated heterocycles. The molecular formula is C15H17ClN2O4S. The molecule has 6 nitrogen and oxygen atoms in total. The summed E-state index contributed by atoms with van der Waals surface area (Å²) in [5.41, 5.74) is 0.240. The van der Waals surface area contributed by atoms with Crippen LogP contribution in [0.15, 0.2) is 45.9 Å². The van der Waals surface area contributed by atoms with Crippen molar-refractivity contribution in [3.8, 4) is 0 Å². The Morgan fingerprint density at radius 2 is 1.91 bits per heavy atom. The molecule has 23 heavy (non-hydrogen) atoms. The van der Waals surface area contributed by atoms with Crippen molar-refractivity contribution in [2.45, 2.75) is 11.4 Å². The fraction of sp³-hybridized carbons (Fsp3) is 0.267. The van der Waals surface area contributed by atoms with Crippen LogP contribution in [0, 0.1) is 0 Å². The van der Waals surface area contributed by atoms with E-state index >= 15 is 0 Å². The van der Waals surface area contributed by atoms with Gasteiger partial charge in [-0.3, -0.25) is 4.79 Å². The van der Waals surface area contributed by atoms with Crippen molar-refractivity contribution in [3.05, 3.63) is 52.9 Å². The molecule has 0 radical (unpaired) electrons. The molecule has 0 aliphatic rings. The molecule has 0 N–H and O–H groups in total. The van der Waals surface area contributed by atoms with E-state index in [2.05, 4.69) is 0 Å². The first-order chi connectivity index (χ1) is 10.7. The highest BCUT2D eigenvalue weighted by Crippen LogP contribution is 2.25. The minimum Gasteiger partial charge on any atom is -0.467 e. The standard InChI is InChI=1S/C15H17ClN2O4S/c1-17(2)23(20,21)14-9-11(6-7-13(14)16)15(19)18(3)10-12-5-4-8-22-12/h4-9H,10H2,1-3H3. The lowest BCUT2D eigenvalue weighted by Gasteiger charge is -2.17. The van der Waals surface area contributed by atoms with Crippen molar-refractivity contribution in [1.29, 1.82) is 0 Å². The van der Waals surface area contributed by atoms with Crippen LogP contribution in [0.4, 0.5) is 0 Å². The first-order valence-electron chi connectivity index (χ1n) is 6.73. The van der Waals surface area contributed by atoms with Crippen LogP contribution in [0.5, 0.6) is 0 Å². The minimum absolute atomic E-state index is 0.0731. The monoisotopic (exact) mass is 356 g/mol. The number of sulfonamides is 1. The molecule has 2 rings (SSSR count). The van der Waals surface area contributed by atoms with Crippen molar-refractivity contribution in [2.24, 2.45) is 0 Å². The molecule has 0 spiro atoms. The highest BCUT2D eigenvalue weighted by atomic mass is 35.5. The van der Waals surface area contributed by atoms with E-state index in [1.807, 2.05) is 0 Å². The fourth-order valence-electron chi connectivity index (χ4n) is 1.96. The van der Waals surface area contributed by atoms with Crippen molar-refractivity contribution < 1.29 is 17.6 Å². The van der Waals surface area contributed by atoms with E-state index in [1.165, 1.54) is 43.5 Å². The normalized spacial score (nSPS) is 11.7. The topological polar surface area (TPSA) is 70.8 Å². The van der Waals surface area contributed by atoms with E-state index in [4.69, 9.17) is 16.0 Å². The molecule has 8 heteroatoms. The summed E-state index contributed by atoms with van der Waals surface area (Å²) in [7, 11) is 0.695. The van der Waals surface area contributed by atoms with Crippen LogP contribution in [0.1, 0.15) is 16.1 Å². The fourth-order valence-corrected chi connectivity index (χ4v) is 3.35. The maximum absolute atomic E-state index is 12.5. The molecule has 0 saturated carbocycles. The molecule has 0 unspecified atom stereocenters. The molecule has 0 aliphatic heterocycles. The molecular weight excluding hydrogens is 340 g/mol. The zero-order valence-electron chi connectivity index (χ0n) is 13.0. The quantitative estimate of drug-likeness (QED) is 0.825. The smallest absolute Gasteiger partial charge is 0.254 e. The number of amides is 1. The van der Waals surface area contributed by atoms with Gasteiger partial charge in [-0.05, 0) is 30.3 Å². The van der Waals surface area contributed by atoms with Crippen LogP contribution in [-0.2, 0) is 16.6 Å². The van der Waals surface area contributed by atoms with Gasteiger partial charge in [-0.2, -0.15) is 0 Å². The number of nitrogens with zero attached hydrogens (tertiary/aromatic N) is 2. The van der Waals surface area contributed by atoms with Crippen molar-refractivity contribution in [1.82, 2.24) is 9.21 Å². The Labute approximate surface area is 140 Å². The summed E-state index contributed by atoms with van der Waals surface area (Å²) in [6.45, 7) is 0.282. The average Bonchev–Trinajstić information content (AvgIpc) is 2.99. The van der Waals surface area contributed by atoms with Gasteiger partial charge < -0.3 is 9.32 Å². The average molecular weight is 357 g/mol. The lowest BCUT2D eigenvalue weighted by atomic mass is 10.2. The van der Waals surface area contributed by atoms with Gasteiger partial charge in [0.05, 0.1) is 17.8 Å². The second-order valence-electron chi connectivity index (χ2n) is 5.17. The molecule has 0 bridgehead atoms. The maximum Gasteiger partial charge on any atom is 0.254 e. The maximum atomic E-state index is 12.5. The molecule has 0 aliphatic carbocycles. The van der Waals surface area contributed by atoms with Gasteiger partial charge in [-0.1, -0.05) is 11.6 Å². The molecule has 1 heterocycles. The lowest BCUT2D eigenvalue weighted by molar-refractivity contribution is 0.0775. The zero-order valence-corrected chi connectivity index (χ0v) is 14.6. The van der Waals surface area contributed by atoms with Crippen molar-refractivity contribution >= 4 is 27.5 Å². The molecule has 0 fully saturated rings. The number of hydrogen-bond acceptors (Lipinski definition) is 4. The van der Waals surface area contributed by atoms with Crippen LogP contribution in [0.3, 0.4) is 0 Å². The zero-order chi connectivity index (χ0) is 17.2. The Morgan fingerprint density at radius 1 is 1.22 bits per heavy atom. The Morgan fingerprint density at radius 3 is 2.48 bits per heavy atom. The molecule has 1 aromatic heterocycles. The van der Waals surface area contributed by atoms with Gasteiger partial charge in [0, 0.05) is 26.7 Å². The number of rotatable bonds is 5. The van der Waals surface area contributed by atoms with Gasteiger partial charge in [0.2, 0.25) is 10.0 Å². The number of benzene rings is 1. The predicted molar refractivity (Wildman–Crippen MR) is 86.8 cm³/mol. The van der Waals surface area contributed by atoms with Crippen LogP contribution >= 0.6 is 11.6 Å². The molecule has 1 aromatic carbocycles. The number of halogens is 1. The molecule has 1 amide bonds. The van der Waals surface area contributed by atoms with Gasteiger partial charge in [-0.25, -0.2) is 12.7 Å². The Hall–Kier alpha value is -1.83. The molecule has 0 atom stereocenters. The summed E-state index contributed by atoms with van der Waals surface area (Å²) in [5.74, 6) is 0.309. The molecule has 2 aromatic rings. The summed E-state index contributed by atoms with van der Waals surface area (Å²) >= 11 is 5.98. The highest BCUT2D eigenvalue weighted by Gasteiger charge is 2.23. The van der Waals surface area contributed by atoms with Gasteiger partial charge in [0.25, 0.3) is 5.91 Å². The summed E-state index contributed by atoms with van der Waals surface area (Å²) < 4.78 is 30.8. The third-order valence-corrected chi connectivity index (χ3v) is 5.55. The van der Waals surface area contributed by atoms with Gasteiger partial charge >= 0.3 is 0 Å². The van der Waals surface area contributed by atoms with Gasteiger partial charge in [0.15, 0.2) is 0 Å². The first kappa shape index (κ1) is 17.5. The summed E-state index contributed by atoms with van der Waals surface area (Å²) in [5, 5.41) is 0.0731. The number of hydrogen-bond donors (Lipinski definition) is 0. The summed E-state index contributed by atoms with van der Waals surface area (Å²) in [4.78, 5) is 13.8.